The predicted molar refractivity (Wildman–Crippen MR) is 105 cm³/mol. The molecule has 7 nitrogen and oxygen atoms in total. The maximum absolute atomic E-state index is 12.7. The van der Waals surface area contributed by atoms with Crippen molar-refractivity contribution in [2.75, 3.05) is 32.9 Å². The fourth-order valence-corrected chi connectivity index (χ4v) is 5.68. The highest BCUT2D eigenvalue weighted by atomic mass is 32.1. The van der Waals surface area contributed by atoms with Gasteiger partial charge < -0.3 is 14.8 Å². The quantitative estimate of drug-likeness (QED) is 0.818. The molecule has 3 aliphatic rings. The Kier molecular flexibility index (Phi) is 4.96. The Morgan fingerprint density at radius 3 is 3.04 bits per heavy atom. The molecule has 1 spiro atoms. The third kappa shape index (κ3) is 3.50. The third-order valence-corrected chi connectivity index (χ3v) is 7.31. The van der Waals surface area contributed by atoms with E-state index in [1.807, 2.05) is 12.4 Å². The molecular formula is C20H26N4O3S. The largest absolute Gasteiger partial charge is 0.379 e. The van der Waals surface area contributed by atoms with Crippen LogP contribution in [-0.2, 0) is 28.0 Å². The first-order valence-corrected chi connectivity index (χ1v) is 10.9. The lowest BCUT2D eigenvalue weighted by molar-refractivity contribution is -0.0980. The lowest BCUT2D eigenvalue weighted by Crippen LogP contribution is -2.45. The van der Waals surface area contributed by atoms with Crippen LogP contribution in [0.15, 0.2) is 18.5 Å². The summed E-state index contributed by atoms with van der Waals surface area (Å²) < 4.78 is 11.7. The molecule has 2 aromatic heterocycles. The molecule has 1 unspecified atom stereocenters. The van der Waals surface area contributed by atoms with Crippen molar-refractivity contribution >= 4 is 17.2 Å². The molecule has 2 N–H and O–H groups in total. The Morgan fingerprint density at radius 1 is 1.39 bits per heavy atom. The number of nitrogens with zero attached hydrogens (tertiary/aromatic N) is 2. The number of hydrogen-bond acceptors (Lipinski definition) is 6. The van der Waals surface area contributed by atoms with Crippen molar-refractivity contribution in [1.82, 2.24) is 20.4 Å². The molecule has 3 aliphatic heterocycles. The van der Waals surface area contributed by atoms with Crippen LogP contribution in [0, 0.1) is 0 Å². The second kappa shape index (κ2) is 7.59. The normalized spacial score (nSPS) is 24.4. The Labute approximate surface area is 168 Å². The minimum Gasteiger partial charge on any atom is -0.379 e. The van der Waals surface area contributed by atoms with E-state index in [-0.39, 0.29) is 17.6 Å². The Bertz CT molecular complexity index is 821. The second-order valence-corrected chi connectivity index (χ2v) is 9.09. The van der Waals surface area contributed by atoms with Crippen LogP contribution in [-0.4, -0.2) is 60.0 Å². The molecule has 2 aromatic rings. The van der Waals surface area contributed by atoms with E-state index in [1.54, 1.807) is 11.3 Å². The van der Waals surface area contributed by atoms with Crippen LogP contribution in [0.5, 0.6) is 0 Å². The van der Waals surface area contributed by atoms with Gasteiger partial charge in [-0.3, -0.25) is 14.8 Å². The van der Waals surface area contributed by atoms with Gasteiger partial charge in [-0.2, -0.15) is 5.10 Å². The van der Waals surface area contributed by atoms with E-state index in [9.17, 15) is 4.79 Å². The molecule has 2 fully saturated rings. The summed E-state index contributed by atoms with van der Waals surface area (Å²) >= 11 is 1.64. The number of piperidine rings is 1. The van der Waals surface area contributed by atoms with E-state index >= 15 is 0 Å². The van der Waals surface area contributed by atoms with Crippen molar-refractivity contribution in [2.45, 2.75) is 43.9 Å². The first-order chi connectivity index (χ1) is 13.7. The number of thiophene rings is 1. The number of hydrogen-bond donors (Lipinski definition) is 2. The molecule has 28 heavy (non-hydrogen) atoms. The summed E-state index contributed by atoms with van der Waals surface area (Å²) in [6, 6.07) is 2.23. The maximum atomic E-state index is 12.7. The zero-order valence-corrected chi connectivity index (χ0v) is 16.7. The summed E-state index contributed by atoms with van der Waals surface area (Å²) in [6.07, 6.45) is 7.58. The second-order valence-electron chi connectivity index (χ2n) is 7.96. The Hall–Kier alpha value is -1.74. The molecule has 0 bridgehead atoms. The number of carbonyl (C=O) groups is 1. The van der Waals surface area contributed by atoms with Gasteiger partial charge in [0.15, 0.2) is 0 Å². The van der Waals surface area contributed by atoms with Gasteiger partial charge in [0.2, 0.25) is 0 Å². The van der Waals surface area contributed by atoms with Gasteiger partial charge >= 0.3 is 0 Å². The van der Waals surface area contributed by atoms with Gasteiger partial charge in [-0.15, -0.1) is 11.3 Å². The van der Waals surface area contributed by atoms with Gasteiger partial charge in [0.25, 0.3) is 5.91 Å². The first-order valence-electron chi connectivity index (χ1n) is 10.1. The van der Waals surface area contributed by atoms with Crippen LogP contribution in [0.25, 0.3) is 0 Å². The number of likely N-dealkylation sites (tertiary alicyclic amines) is 1. The van der Waals surface area contributed by atoms with Crippen LogP contribution in [0.3, 0.4) is 0 Å². The van der Waals surface area contributed by atoms with E-state index in [0.29, 0.717) is 6.61 Å². The summed E-state index contributed by atoms with van der Waals surface area (Å²) in [5.74, 6) is 0.0300. The van der Waals surface area contributed by atoms with E-state index in [1.165, 1.54) is 16.0 Å². The SMILES string of the molecule is O=C(NC1CCOC1)c1cc2c(s1)CCOC21CCN(Cc2cn[nH]c2)CC1. The third-order valence-electron chi connectivity index (χ3n) is 6.12. The monoisotopic (exact) mass is 402 g/mol. The topological polar surface area (TPSA) is 79.5 Å². The minimum atomic E-state index is -0.230. The summed E-state index contributed by atoms with van der Waals surface area (Å²) in [6.45, 7) is 4.99. The number of ether oxygens (including phenoxy) is 2. The predicted octanol–water partition coefficient (Wildman–Crippen LogP) is 2.05. The smallest absolute Gasteiger partial charge is 0.261 e. The molecule has 2 saturated heterocycles. The Morgan fingerprint density at radius 2 is 2.29 bits per heavy atom. The number of carbonyl (C=O) groups excluding carboxylic acids is 1. The van der Waals surface area contributed by atoms with Crippen LogP contribution < -0.4 is 5.32 Å². The molecule has 0 aromatic carbocycles. The zero-order chi connectivity index (χ0) is 19.0. The molecule has 0 aliphatic carbocycles. The maximum Gasteiger partial charge on any atom is 0.261 e. The molecule has 1 atom stereocenters. The van der Waals surface area contributed by atoms with E-state index < -0.39 is 0 Å². The highest BCUT2D eigenvalue weighted by Gasteiger charge is 2.42. The van der Waals surface area contributed by atoms with Gasteiger partial charge in [-0.1, -0.05) is 0 Å². The molecule has 5 rings (SSSR count). The van der Waals surface area contributed by atoms with E-state index in [2.05, 4.69) is 26.5 Å². The lowest BCUT2D eigenvalue weighted by atomic mass is 9.82. The van der Waals surface area contributed by atoms with Crippen molar-refractivity contribution in [1.29, 1.82) is 0 Å². The van der Waals surface area contributed by atoms with Crippen molar-refractivity contribution in [3.05, 3.63) is 39.3 Å². The average Bonchev–Trinajstić information content (AvgIpc) is 3.45. The van der Waals surface area contributed by atoms with Gasteiger partial charge in [0.1, 0.15) is 0 Å². The number of aromatic amines is 1. The summed E-state index contributed by atoms with van der Waals surface area (Å²) in [7, 11) is 0. The van der Waals surface area contributed by atoms with Gasteiger partial charge in [0.05, 0.1) is 35.9 Å². The first kappa shape index (κ1) is 18.3. The van der Waals surface area contributed by atoms with Gasteiger partial charge in [0, 0.05) is 49.3 Å². The molecule has 0 radical (unpaired) electrons. The lowest BCUT2D eigenvalue weighted by Gasteiger charge is -2.44. The highest BCUT2D eigenvalue weighted by molar-refractivity contribution is 7.14. The van der Waals surface area contributed by atoms with Gasteiger partial charge in [-0.25, -0.2) is 0 Å². The molecule has 8 heteroatoms. The summed E-state index contributed by atoms with van der Waals surface area (Å²) in [4.78, 5) is 17.3. The number of amides is 1. The van der Waals surface area contributed by atoms with Crippen LogP contribution >= 0.6 is 11.3 Å². The minimum absolute atomic E-state index is 0.0300. The molecule has 0 saturated carbocycles. The van der Waals surface area contributed by atoms with Crippen molar-refractivity contribution in [2.24, 2.45) is 0 Å². The molecule has 1 amide bonds. The van der Waals surface area contributed by atoms with Crippen LogP contribution in [0.2, 0.25) is 0 Å². The average molecular weight is 403 g/mol. The number of aromatic nitrogens is 2. The fourth-order valence-electron chi connectivity index (χ4n) is 4.54. The standard InChI is InChI=1S/C20H26N4O3S/c25-19(23-15-1-7-26-13-15)18-9-16-17(28-18)2-8-27-20(16)3-5-24(6-4-20)12-14-10-21-22-11-14/h9-11,15H,1-8,12-13H2,(H,21,22)(H,23,25). The van der Waals surface area contributed by atoms with Crippen LogP contribution in [0.1, 0.15) is 44.9 Å². The number of fused-ring (bicyclic) bond motifs is 2. The van der Waals surface area contributed by atoms with Crippen molar-refractivity contribution in [3.8, 4) is 0 Å². The number of nitrogens with one attached hydrogen (secondary N) is 2. The van der Waals surface area contributed by atoms with Gasteiger partial charge in [-0.05, 0) is 30.9 Å². The molecular weight excluding hydrogens is 376 g/mol. The van der Waals surface area contributed by atoms with Crippen molar-refractivity contribution < 1.29 is 14.3 Å². The number of H-pyrrole nitrogens is 1. The van der Waals surface area contributed by atoms with E-state index in [4.69, 9.17) is 9.47 Å². The van der Waals surface area contributed by atoms with Crippen LogP contribution in [0.4, 0.5) is 0 Å². The zero-order valence-electron chi connectivity index (χ0n) is 15.9. The Balaban J connectivity index is 1.29. The molecule has 150 valence electrons. The molecule has 5 heterocycles. The van der Waals surface area contributed by atoms with E-state index in [0.717, 1.165) is 63.4 Å². The fraction of sp³-hybridized carbons (Fsp3) is 0.600. The summed E-state index contributed by atoms with van der Waals surface area (Å²) in [5, 5.41) is 10.0. The summed E-state index contributed by atoms with van der Waals surface area (Å²) in [5.41, 5.74) is 2.23. The highest BCUT2D eigenvalue weighted by Crippen LogP contribution is 2.44. The van der Waals surface area contributed by atoms with Crippen molar-refractivity contribution in [3.63, 3.8) is 0 Å². The number of rotatable bonds is 4.